The van der Waals surface area contributed by atoms with Crippen molar-refractivity contribution in [3.8, 4) is 5.75 Å². The molecule has 5 nitrogen and oxygen atoms in total. The van der Waals surface area contributed by atoms with Gasteiger partial charge in [-0.1, -0.05) is 0 Å². The van der Waals surface area contributed by atoms with Gasteiger partial charge in [0.25, 0.3) is 0 Å². The lowest BCUT2D eigenvalue weighted by Gasteiger charge is -2.10. The summed E-state index contributed by atoms with van der Waals surface area (Å²) < 4.78 is 5.04. The van der Waals surface area contributed by atoms with Gasteiger partial charge in [-0.2, -0.15) is 0 Å². The molecule has 1 amide bonds. The molecule has 100 valence electrons. The Morgan fingerprint density at radius 3 is 2.67 bits per heavy atom. The van der Waals surface area contributed by atoms with Crippen LogP contribution < -0.4 is 15.4 Å². The Morgan fingerprint density at radius 2 is 2.11 bits per heavy atom. The van der Waals surface area contributed by atoms with E-state index in [1.807, 2.05) is 12.2 Å². The number of methoxy groups -OCH3 is 1. The van der Waals surface area contributed by atoms with Gasteiger partial charge in [0, 0.05) is 5.69 Å². The van der Waals surface area contributed by atoms with Crippen molar-refractivity contribution in [2.45, 2.75) is 19.4 Å². The third kappa shape index (κ3) is 5.16. The van der Waals surface area contributed by atoms with E-state index < -0.39 is 0 Å². The summed E-state index contributed by atoms with van der Waals surface area (Å²) in [6.07, 6.45) is 0.423. The number of rotatable bonds is 7. The maximum Gasteiger partial charge on any atom is 0.230 e. The number of hydrogen-bond donors (Lipinski definition) is 3. The van der Waals surface area contributed by atoms with Crippen molar-refractivity contribution in [2.75, 3.05) is 25.6 Å². The third-order valence-corrected chi connectivity index (χ3v) is 2.58. The van der Waals surface area contributed by atoms with Crippen LogP contribution in [0.1, 0.15) is 13.3 Å². The van der Waals surface area contributed by atoms with Gasteiger partial charge in [0.15, 0.2) is 0 Å². The summed E-state index contributed by atoms with van der Waals surface area (Å²) in [5.74, 6) is 0.736. The highest BCUT2D eigenvalue weighted by Crippen LogP contribution is 2.15. The first kappa shape index (κ1) is 14.5. The molecule has 1 aromatic carbocycles. The lowest BCUT2D eigenvalue weighted by molar-refractivity contribution is -0.686. The van der Waals surface area contributed by atoms with E-state index in [9.17, 15) is 4.79 Å². The number of carbonyl (C=O) groups is 1. The van der Waals surface area contributed by atoms with E-state index in [1.54, 1.807) is 31.4 Å². The normalized spacial score (nSPS) is 11.9. The van der Waals surface area contributed by atoms with Gasteiger partial charge in [0.2, 0.25) is 5.91 Å². The molecule has 0 aliphatic carbocycles. The molecule has 0 spiro atoms. The molecule has 0 heterocycles. The molecule has 5 heteroatoms. The molecule has 0 radical (unpaired) electrons. The first-order valence-corrected chi connectivity index (χ1v) is 6.03. The first-order valence-electron chi connectivity index (χ1n) is 6.03. The Labute approximate surface area is 107 Å². The Hall–Kier alpha value is -1.59. The zero-order valence-electron chi connectivity index (χ0n) is 10.8. The SMILES string of the molecule is COc1ccc(NC(=O)C[C@@H](C)[NH2+]CCO)cc1. The molecule has 0 aromatic heterocycles. The lowest BCUT2D eigenvalue weighted by Crippen LogP contribution is -2.90. The highest BCUT2D eigenvalue weighted by molar-refractivity contribution is 5.90. The molecule has 0 aliphatic heterocycles. The van der Waals surface area contributed by atoms with Gasteiger partial charge in [-0.3, -0.25) is 4.79 Å². The van der Waals surface area contributed by atoms with Crippen LogP contribution in [0.4, 0.5) is 5.69 Å². The van der Waals surface area contributed by atoms with Crippen molar-refractivity contribution >= 4 is 11.6 Å². The van der Waals surface area contributed by atoms with E-state index in [1.165, 1.54) is 0 Å². The molecule has 0 unspecified atom stereocenters. The molecule has 18 heavy (non-hydrogen) atoms. The summed E-state index contributed by atoms with van der Waals surface area (Å²) in [5.41, 5.74) is 0.759. The van der Waals surface area contributed by atoms with E-state index in [2.05, 4.69) is 5.32 Å². The average molecular weight is 253 g/mol. The van der Waals surface area contributed by atoms with Crippen LogP contribution in [0, 0.1) is 0 Å². The fourth-order valence-corrected chi connectivity index (χ4v) is 1.62. The van der Waals surface area contributed by atoms with Crippen LogP contribution in [0.15, 0.2) is 24.3 Å². The van der Waals surface area contributed by atoms with E-state index >= 15 is 0 Å². The van der Waals surface area contributed by atoms with Gasteiger partial charge in [0.1, 0.15) is 5.75 Å². The minimum absolute atomic E-state index is 0.0261. The number of aliphatic hydroxyl groups is 1. The highest BCUT2D eigenvalue weighted by atomic mass is 16.5. The van der Waals surface area contributed by atoms with Crippen molar-refractivity contribution in [3.63, 3.8) is 0 Å². The molecule has 1 rings (SSSR count). The molecule has 0 fully saturated rings. The summed E-state index contributed by atoms with van der Waals surface area (Å²) in [6.45, 7) is 2.71. The summed E-state index contributed by atoms with van der Waals surface area (Å²) >= 11 is 0. The number of carbonyl (C=O) groups excluding carboxylic acids is 1. The van der Waals surface area contributed by atoms with Crippen molar-refractivity contribution in [3.05, 3.63) is 24.3 Å². The van der Waals surface area contributed by atoms with Crippen LogP contribution in [-0.2, 0) is 4.79 Å². The summed E-state index contributed by atoms with van der Waals surface area (Å²) in [6, 6.07) is 7.38. The van der Waals surface area contributed by atoms with Gasteiger partial charge in [-0.25, -0.2) is 0 Å². The maximum absolute atomic E-state index is 11.7. The van der Waals surface area contributed by atoms with Crippen LogP contribution in [-0.4, -0.2) is 37.3 Å². The zero-order chi connectivity index (χ0) is 13.4. The number of hydrogen-bond acceptors (Lipinski definition) is 3. The van der Waals surface area contributed by atoms with Crippen molar-refractivity contribution in [2.24, 2.45) is 0 Å². The largest absolute Gasteiger partial charge is 0.497 e. The molecular formula is C13H21N2O3+. The fraction of sp³-hybridized carbons (Fsp3) is 0.462. The Bertz CT molecular complexity index is 365. The number of quaternary nitrogens is 1. The molecule has 0 saturated carbocycles. The predicted octanol–water partition coefficient (Wildman–Crippen LogP) is -0.0320. The number of benzene rings is 1. The van der Waals surface area contributed by atoms with Gasteiger partial charge in [-0.15, -0.1) is 0 Å². The van der Waals surface area contributed by atoms with Crippen molar-refractivity contribution in [1.29, 1.82) is 0 Å². The van der Waals surface area contributed by atoms with Crippen molar-refractivity contribution in [1.82, 2.24) is 0 Å². The van der Waals surface area contributed by atoms with Crippen LogP contribution >= 0.6 is 0 Å². The van der Waals surface area contributed by atoms with Gasteiger partial charge < -0.3 is 20.5 Å². The van der Waals surface area contributed by atoms with Crippen molar-refractivity contribution < 1.29 is 20.0 Å². The lowest BCUT2D eigenvalue weighted by atomic mass is 10.2. The zero-order valence-corrected chi connectivity index (χ0v) is 10.8. The standard InChI is InChI=1S/C13H20N2O3/c1-10(14-7-8-16)9-13(17)15-11-3-5-12(18-2)6-4-11/h3-6,10,14,16H,7-9H2,1-2H3,(H,15,17)/p+1/t10-/m1/s1. The number of amides is 1. The Kier molecular flexibility index (Phi) is 6.18. The van der Waals surface area contributed by atoms with E-state index in [4.69, 9.17) is 9.84 Å². The molecule has 1 aromatic rings. The number of anilines is 1. The van der Waals surface area contributed by atoms with E-state index in [-0.39, 0.29) is 18.6 Å². The van der Waals surface area contributed by atoms with E-state index in [0.29, 0.717) is 13.0 Å². The minimum atomic E-state index is -0.0261. The molecular weight excluding hydrogens is 232 g/mol. The van der Waals surface area contributed by atoms with Crippen LogP contribution in [0.25, 0.3) is 0 Å². The maximum atomic E-state index is 11.7. The van der Waals surface area contributed by atoms with Crippen LogP contribution in [0.2, 0.25) is 0 Å². The molecule has 1 atom stereocenters. The summed E-state index contributed by atoms with van der Waals surface area (Å²) in [4.78, 5) is 11.7. The number of nitrogens with one attached hydrogen (secondary N) is 1. The van der Waals surface area contributed by atoms with E-state index in [0.717, 1.165) is 11.4 Å². The van der Waals surface area contributed by atoms with Gasteiger partial charge in [0.05, 0.1) is 32.7 Å². The average Bonchev–Trinajstić information content (AvgIpc) is 2.37. The van der Waals surface area contributed by atoms with Gasteiger partial charge in [-0.05, 0) is 31.2 Å². The second kappa shape index (κ2) is 7.68. The van der Waals surface area contributed by atoms with Crippen LogP contribution in [0.3, 0.4) is 0 Å². The minimum Gasteiger partial charge on any atom is -0.497 e. The number of aliphatic hydroxyl groups excluding tert-OH is 1. The number of nitrogens with two attached hydrogens (primary N) is 1. The fourth-order valence-electron chi connectivity index (χ4n) is 1.62. The third-order valence-electron chi connectivity index (χ3n) is 2.58. The summed E-state index contributed by atoms with van der Waals surface area (Å²) in [7, 11) is 1.60. The molecule has 0 saturated heterocycles. The summed E-state index contributed by atoms with van der Waals surface area (Å²) in [5, 5.41) is 13.5. The molecule has 0 aliphatic rings. The smallest absolute Gasteiger partial charge is 0.230 e. The quantitative estimate of drug-likeness (QED) is 0.638. The van der Waals surface area contributed by atoms with Crippen LogP contribution in [0.5, 0.6) is 5.75 Å². The first-order chi connectivity index (χ1) is 8.65. The molecule has 0 bridgehead atoms. The monoisotopic (exact) mass is 253 g/mol. The number of ether oxygens (including phenoxy) is 1. The van der Waals surface area contributed by atoms with Gasteiger partial charge >= 0.3 is 0 Å². The predicted molar refractivity (Wildman–Crippen MR) is 69.6 cm³/mol. The topological polar surface area (TPSA) is 75.2 Å². The second-order valence-corrected chi connectivity index (χ2v) is 4.21. The highest BCUT2D eigenvalue weighted by Gasteiger charge is 2.11. The Morgan fingerprint density at radius 1 is 1.44 bits per heavy atom. The Balaban J connectivity index is 2.39. The second-order valence-electron chi connectivity index (χ2n) is 4.21. The molecule has 4 N–H and O–H groups in total.